The molecular formula is C13H13FN2OS. The molecule has 94 valence electrons. The molecule has 0 saturated carbocycles. The number of thiazole rings is 1. The van der Waals surface area contributed by atoms with Crippen LogP contribution in [0.25, 0.3) is 0 Å². The van der Waals surface area contributed by atoms with Crippen LogP contribution in [-0.2, 0) is 13.0 Å². The van der Waals surface area contributed by atoms with Gasteiger partial charge in [0.15, 0.2) is 0 Å². The third-order valence-corrected chi connectivity index (χ3v) is 3.86. The monoisotopic (exact) mass is 264 g/mol. The fourth-order valence-corrected chi connectivity index (χ4v) is 2.93. The largest absolute Gasteiger partial charge is 0.486 e. The first kappa shape index (κ1) is 11.5. The molecule has 0 radical (unpaired) electrons. The summed E-state index contributed by atoms with van der Waals surface area (Å²) in [4.78, 5) is 5.77. The van der Waals surface area contributed by atoms with E-state index in [4.69, 9.17) is 4.74 Å². The van der Waals surface area contributed by atoms with Gasteiger partial charge in [-0.2, -0.15) is 0 Å². The lowest BCUT2D eigenvalue weighted by Gasteiger charge is -2.10. The van der Waals surface area contributed by atoms with Gasteiger partial charge in [0.1, 0.15) is 29.0 Å². The highest BCUT2D eigenvalue weighted by atomic mass is 32.1. The summed E-state index contributed by atoms with van der Waals surface area (Å²) in [7, 11) is 0. The zero-order chi connectivity index (χ0) is 12.4. The highest BCUT2D eigenvalue weighted by molar-refractivity contribution is 7.12. The van der Waals surface area contributed by atoms with Crippen LogP contribution in [0.2, 0.25) is 0 Å². The van der Waals surface area contributed by atoms with Gasteiger partial charge in [-0.1, -0.05) is 6.07 Å². The number of anilines is 1. The van der Waals surface area contributed by atoms with Crippen LogP contribution in [-0.4, -0.2) is 11.5 Å². The van der Waals surface area contributed by atoms with Gasteiger partial charge in [-0.05, 0) is 25.0 Å². The molecule has 3 nitrogen and oxygen atoms in total. The summed E-state index contributed by atoms with van der Waals surface area (Å²) >= 11 is 1.67. The number of aromatic nitrogens is 1. The second-order valence-corrected chi connectivity index (χ2v) is 5.32. The van der Waals surface area contributed by atoms with Crippen molar-refractivity contribution in [3.63, 3.8) is 0 Å². The lowest BCUT2D eigenvalue weighted by atomic mass is 10.2. The van der Waals surface area contributed by atoms with Crippen LogP contribution in [0.5, 0.6) is 5.75 Å². The molecule has 0 fully saturated rings. The van der Waals surface area contributed by atoms with Gasteiger partial charge in [0, 0.05) is 17.5 Å². The molecule has 2 aromatic rings. The minimum absolute atomic E-state index is 0.285. The van der Waals surface area contributed by atoms with Crippen LogP contribution >= 0.6 is 11.3 Å². The molecule has 0 atom stereocenters. The van der Waals surface area contributed by atoms with E-state index in [-0.39, 0.29) is 5.82 Å². The van der Waals surface area contributed by atoms with E-state index in [0.29, 0.717) is 12.4 Å². The van der Waals surface area contributed by atoms with E-state index in [1.54, 1.807) is 23.5 Å². The first-order chi connectivity index (χ1) is 8.81. The van der Waals surface area contributed by atoms with E-state index >= 15 is 0 Å². The Bertz CT molecular complexity index is 532. The van der Waals surface area contributed by atoms with Gasteiger partial charge in [-0.15, -0.1) is 11.3 Å². The Morgan fingerprint density at radius 2 is 2.39 bits per heavy atom. The van der Waals surface area contributed by atoms with Crippen molar-refractivity contribution in [2.45, 2.75) is 19.4 Å². The standard InChI is InChI=1S/C13H13FN2OS/c14-9-3-1-4-10(7-9)17-8-12-16-13-11(18-12)5-2-6-15-13/h1,3-4,7,15H,2,5-6,8H2. The van der Waals surface area contributed by atoms with Crippen LogP contribution in [0.3, 0.4) is 0 Å². The number of nitrogens with one attached hydrogen (secondary N) is 1. The van der Waals surface area contributed by atoms with E-state index in [2.05, 4.69) is 10.3 Å². The molecule has 0 aliphatic carbocycles. The molecule has 0 unspecified atom stereocenters. The van der Waals surface area contributed by atoms with Crippen molar-refractivity contribution in [2.24, 2.45) is 0 Å². The summed E-state index contributed by atoms with van der Waals surface area (Å²) < 4.78 is 18.5. The molecule has 0 amide bonds. The highest BCUT2D eigenvalue weighted by Gasteiger charge is 2.14. The minimum Gasteiger partial charge on any atom is -0.486 e. The minimum atomic E-state index is -0.285. The molecule has 5 heteroatoms. The summed E-state index contributed by atoms with van der Waals surface area (Å²) in [6.45, 7) is 1.38. The molecular weight excluding hydrogens is 251 g/mol. The van der Waals surface area contributed by atoms with Gasteiger partial charge in [-0.25, -0.2) is 9.37 Å². The fraction of sp³-hybridized carbons (Fsp3) is 0.308. The molecule has 0 spiro atoms. The van der Waals surface area contributed by atoms with Gasteiger partial charge >= 0.3 is 0 Å². The first-order valence-corrected chi connectivity index (χ1v) is 6.74. The fourth-order valence-electron chi connectivity index (χ4n) is 1.93. The van der Waals surface area contributed by atoms with Crippen molar-refractivity contribution < 1.29 is 9.13 Å². The van der Waals surface area contributed by atoms with E-state index in [1.807, 2.05) is 0 Å². The number of halogens is 1. The van der Waals surface area contributed by atoms with Gasteiger partial charge in [0.05, 0.1) is 0 Å². The van der Waals surface area contributed by atoms with Crippen molar-refractivity contribution in [1.82, 2.24) is 4.98 Å². The lowest BCUT2D eigenvalue weighted by Crippen LogP contribution is -2.10. The van der Waals surface area contributed by atoms with E-state index in [9.17, 15) is 4.39 Å². The van der Waals surface area contributed by atoms with Crippen LogP contribution in [0.15, 0.2) is 24.3 Å². The number of fused-ring (bicyclic) bond motifs is 1. The van der Waals surface area contributed by atoms with Gasteiger partial charge < -0.3 is 10.1 Å². The number of hydrogen-bond acceptors (Lipinski definition) is 4. The Balaban J connectivity index is 1.68. The SMILES string of the molecule is Fc1cccc(OCc2nc3c(s2)CCCN3)c1. The third kappa shape index (κ3) is 2.46. The second kappa shape index (κ2) is 4.94. The van der Waals surface area contributed by atoms with Crippen molar-refractivity contribution in [3.8, 4) is 5.75 Å². The molecule has 2 heterocycles. The van der Waals surface area contributed by atoms with Crippen molar-refractivity contribution in [1.29, 1.82) is 0 Å². The van der Waals surface area contributed by atoms with E-state index in [1.165, 1.54) is 17.0 Å². The van der Waals surface area contributed by atoms with Crippen LogP contribution < -0.4 is 10.1 Å². The van der Waals surface area contributed by atoms with Gasteiger partial charge in [-0.3, -0.25) is 0 Å². The van der Waals surface area contributed by atoms with Crippen LogP contribution in [0.1, 0.15) is 16.3 Å². The third-order valence-electron chi connectivity index (χ3n) is 2.77. The van der Waals surface area contributed by atoms with Crippen molar-refractivity contribution in [2.75, 3.05) is 11.9 Å². The maximum absolute atomic E-state index is 13.0. The van der Waals surface area contributed by atoms with E-state index < -0.39 is 0 Å². The molecule has 3 rings (SSSR count). The molecule has 1 aliphatic rings. The summed E-state index contributed by atoms with van der Waals surface area (Å²) in [5.41, 5.74) is 0. The Morgan fingerprint density at radius 3 is 3.22 bits per heavy atom. The van der Waals surface area contributed by atoms with Crippen LogP contribution in [0, 0.1) is 5.82 Å². The molecule has 1 aromatic carbocycles. The normalized spacial score (nSPS) is 13.8. The van der Waals surface area contributed by atoms with Crippen molar-refractivity contribution in [3.05, 3.63) is 40.0 Å². The number of ether oxygens (including phenoxy) is 1. The topological polar surface area (TPSA) is 34.1 Å². The average Bonchev–Trinajstić information content (AvgIpc) is 2.79. The summed E-state index contributed by atoms with van der Waals surface area (Å²) in [5, 5.41) is 4.20. The Morgan fingerprint density at radius 1 is 1.44 bits per heavy atom. The smallest absolute Gasteiger partial charge is 0.140 e. The summed E-state index contributed by atoms with van der Waals surface area (Å²) in [6.07, 6.45) is 2.24. The Kier molecular flexibility index (Phi) is 3.15. The summed E-state index contributed by atoms with van der Waals surface area (Å²) in [5.74, 6) is 1.24. The predicted octanol–water partition coefficient (Wildman–Crippen LogP) is 3.22. The number of aryl methyl sites for hydroxylation is 1. The number of benzene rings is 1. The van der Waals surface area contributed by atoms with Gasteiger partial charge in [0.2, 0.25) is 0 Å². The van der Waals surface area contributed by atoms with Crippen molar-refractivity contribution >= 4 is 17.2 Å². The maximum Gasteiger partial charge on any atom is 0.140 e. The van der Waals surface area contributed by atoms with E-state index in [0.717, 1.165) is 30.2 Å². The maximum atomic E-state index is 13.0. The second-order valence-electron chi connectivity index (χ2n) is 4.16. The number of nitrogens with zero attached hydrogens (tertiary/aromatic N) is 1. The highest BCUT2D eigenvalue weighted by Crippen LogP contribution is 2.28. The Hall–Kier alpha value is -1.62. The quantitative estimate of drug-likeness (QED) is 0.924. The molecule has 1 aromatic heterocycles. The van der Waals surface area contributed by atoms with Crippen LogP contribution in [0.4, 0.5) is 10.2 Å². The average molecular weight is 264 g/mol. The first-order valence-electron chi connectivity index (χ1n) is 5.92. The zero-order valence-corrected chi connectivity index (χ0v) is 10.6. The predicted molar refractivity (Wildman–Crippen MR) is 69.7 cm³/mol. The zero-order valence-electron chi connectivity index (χ0n) is 9.78. The Labute approximate surface area is 109 Å². The molecule has 1 N–H and O–H groups in total. The molecule has 0 saturated heterocycles. The number of rotatable bonds is 3. The van der Waals surface area contributed by atoms with Gasteiger partial charge in [0.25, 0.3) is 0 Å². The molecule has 18 heavy (non-hydrogen) atoms. The summed E-state index contributed by atoms with van der Waals surface area (Å²) in [6, 6.07) is 6.17. The number of hydrogen-bond donors (Lipinski definition) is 1. The molecule has 0 bridgehead atoms. The lowest BCUT2D eigenvalue weighted by molar-refractivity contribution is 0.304. The molecule has 1 aliphatic heterocycles.